The highest BCUT2D eigenvalue weighted by Gasteiger charge is 2.19. The van der Waals surface area contributed by atoms with Gasteiger partial charge in [0.1, 0.15) is 0 Å². The highest BCUT2D eigenvalue weighted by atomic mass is 32.2. The Hall–Kier alpha value is -0.870. The van der Waals surface area contributed by atoms with Gasteiger partial charge in [0.2, 0.25) is 5.12 Å². The molecule has 0 bridgehead atoms. The van der Waals surface area contributed by atoms with Crippen LogP contribution in [0.5, 0.6) is 0 Å². The fraction of sp³-hybridized carbons (Fsp3) is 0.400. The first-order valence-corrected chi connectivity index (χ1v) is 5.56. The van der Waals surface area contributed by atoms with Crippen molar-refractivity contribution in [2.45, 2.75) is 11.7 Å². The van der Waals surface area contributed by atoms with E-state index in [0.29, 0.717) is 10.8 Å². The molecule has 0 saturated carbocycles. The SMILES string of the molecule is O=C(SC1CCNC1)c1cccnc1. The van der Waals surface area contributed by atoms with Crippen LogP contribution >= 0.6 is 11.8 Å². The minimum atomic E-state index is 0.131. The average molecular weight is 208 g/mol. The number of rotatable bonds is 2. The van der Waals surface area contributed by atoms with Crippen LogP contribution in [0.15, 0.2) is 24.5 Å². The number of hydrogen-bond donors (Lipinski definition) is 1. The molecule has 1 aliphatic rings. The van der Waals surface area contributed by atoms with Gasteiger partial charge in [-0.2, -0.15) is 0 Å². The van der Waals surface area contributed by atoms with E-state index >= 15 is 0 Å². The lowest BCUT2D eigenvalue weighted by molar-refractivity contribution is 0.108. The molecule has 1 aromatic heterocycles. The first-order valence-electron chi connectivity index (χ1n) is 4.68. The Kier molecular flexibility index (Phi) is 3.16. The second-order valence-electron chi connectivity index (χ2n) is 3.26. The lowest BCUT2D eigenvalue weighted by atomic mass is 10.3. The van der Waals surface area contributed by atoms with Crippen LogP contribution in [-0.2, 0) is 0 Å². The first-order chi connectivity index (χ1) is 6.86. The van der Waals surface area contributed by atoms with E-state index in [2.05, 4.69) is 10.3 Å². The second-order valence-corrected chi connectivity index (χ2v) is 4.53. The zero-order valence-electron chi connectivity index (χ0n) is 7.77. The molecular formula is C10H12N2OS. The Morgan fingerprint density at radius 1 is 1.64 bits per heavy atom. The molecule has 1 unspecified atom stereocenters. The van der Waals surface area contributed by atoms with Crippen LogP contribution in [0.3, 0.4) is 0 Å². The quantitative estimate of drug-likeness (QED) is 0.796. The van der Waals surface area contributed by atoms with Crippen molar-refractivity contribution in [1.29, 1.82) is 0 Å². The first kappa shape index (κ1) is 9.68. The number of pyridine rings is 1. The highest BCUT2D eigenvalue weighted by Crippen LogP contribution is 2.21. The fourth-order valence-corrected chi connectivity index (χ4v) is 2.43. The second kappa shape index (κ2) is 4.57. The fourth-order valence-electron chi connectivity index (χ4n) is 1.43. The summed E-state index contributed by atoms with van der Waals surface area (Å²) in [6.45, 7) is 1.97. The lowest BCUT2D eigenvalue weighted by Gasteiger charge is -2.05. The molecule has 0 aromatic carbocycles. The molecule has 0 aliphatic carbocycles. The van der Waals surface area contributed by atoms with Crippen LogP contribution in [0.25, 0.3) is 0 Å². The van der Waals surface area contributed by atoms with Gasteiger partial charge in [0.25, 0.3) is 0 Å². The number of thioether (sulfide) groups is 1. The Balaban J connectivity index is 1.95. The van der Waals surface area contributed by atoms with E-state index in [1.54, 1.807) is 18.5 Å². The molecule has 0 amide bonds. The van der Waals surface area contributed by atoms with Crippen molar-refractivity contribution in [1.82, 2.24) is 10.3 Å². The van der Waals surface area contributed by atoms with Crippen LogP contribution in [-0.4, -0.2) is 28.4 Å². The van der Waals surface area contributed by atoms with Crippen molar-refractivity contribution >= 4 is 16.9 Å². The summed E-state index contributed by atoms with van der Waals surface area (Å²) in [6.07, 6.45) is 4.38. The van der Waals surface area contributed by atoms with E-state index in [9.17, 15) is 4.79 Å². The number of carbonyl (C=O) groups excluding carboxylic acids is 1. The summed E-state index contributed by atoms with van der Waals surface area (Å²) in [7, 11) is 0. The van der Waals surface area contributed by atoms with Crippen LogP contribution in [0.4, 0.5) is 0 Å². The van der Waals surface area contributed by atoms with Crippen LogP contribution in [0, 0.1) is 0 Å². The Morgan fingerprint density at radius 3 is 3.21 bits per heavy atom. The Bertz CT molecular complexity index is 309. The van der Waals surface area contributed by atoms with Crippen molar-refractivity contribution in [2.24, 2.45) is 0 Å². The van der Waals surface area contributed by atoms with Crippen molar-refractivity contribution in [3.8, 4) is 0 Å². The van der Waals surface area contributed by atoms with Crippen LogP contribution in [0.1, 0.15) is 16.8 Å². The molecule has 1 saturated heterocycles. The molecule has 2 heterocycles. The van der Waals surface area contributed by atoms with Gasteiger partial charge >= 0.3 is 0 Å². The third-order valence-electron chi connectivity index (χ3n) is 2.19. The molecule has 1 fully saturated rings. The monoisotopic (exact) mass is 208 g/mol. The zero-order chi connectivity index (χ0) is 9.80. The number of nitrogens with zero attached hydrogens (tertiary/aromatic N) is 1. The number of aromatic nitrogens is 1. The third kappa shape index (κ3) is 2.33. The average Bonchev–Trinajstić information content (AvgIpc) is 2.72. The maximum Gasteiger partial charge on any atom is 0.221 e. The van der Waals surface area contributed by atoms with Gasteiger partial charge in [-0.3, -0.25) is 9.78 Å². The maximum absolute atomic E-state index is 11.7. The van der Waals surface area contributed by atoms with Gasteiger partial charge in [0.05, 0.1) is 0 Å². The van der Waals surface area contributed by atoms with Gasteiger partial charge in [-0.15, -0.1) is 0 Å². The van der Waals surface area contributed by atoms with Crippen LogP contribution in [0.2, 0.25) is 0 Å². The summed E-state index contributed by atoms with van der Waals surface area (Å²) in [5, 5.41) is 3.80. The molecular weight excluding hydrogens is 196 g/mol. The topological polar surface area (TPSA) is 42.0 Å². The summed E-state index contributed by atoms with van der Waals surface area (Å²) < 4.78 is 0. The van der Waals surface area contributed by atoms with Gasteiger partial charge in [-0.25, -0.2) is 0 Å². The van der Waals surface area contributed by atoms with Gasteiger partial charge in [0, 0.05) is 29.8 Å². The van der Waals surface area contributed by atoms with E-state index < -0.39 is 0 Å². The van der Waals surface area contributed by atoms with Crippen molar-refractivity contribution < 1.29 is 4.79 Å². The minimum absolute atomic E-state index is 0.131. The number of nitrogens with one attached hydrogen (secondary N) is 1. The summed E-state index contributed by atoms with van der Waals surface area (Å²) in [5.74, 6) is 0. The molecule has 2 rings (SSSR count). The molecule has 0 spiro atoms. The van der Waals surface area contributed by atoms with E-state index in [-0.39, 0.29) is 5.12 Å². The third-order valence-corrected chi connectivity index (χ3v) is 3.37. The summed E-state index contributed by atoms with van der Waals surface area (Å²) in [6, 6.07) is 3.60. The molecule has 14 heavy (non-hydrogen) atoms. The summed E-state index contributed by atoms with van der Waals surface area (Å²) in [4.78, 5) is 15.6. The number of carbonyl (C=O) groups is 1. The van der Waals surface area contributed by atoms with E-state index in [1.807, 2.05) is 6.07 Å². The van der Waals surface area contributed by atoms with Gasteiger partial charge in [-0.1, -0.05) is 11.8 Å². The molecule has 1 aliphatic heterocycles. The number of hydrogen-bond acceptors (Lipinski definition) is 4. The smallest absolute Gasteiger partial charge is 0.221 e. The normalized spacial score (nSPS) is 21.0. The molecule has 1 aromatic rings. The van der Waals surface area contributed by atoms with Crippen molar-refractivity contribution in [3.05, 3.63) is 30.1 Å². The molecule has 74 valence electrons. The van der Waals surface area contributed by atoms with Crippen LogP contribution < -0.4 is 5.32 Å². The Labute approximate surface area is 87.3 Å². The van der Waals surface area contributed by atoms with Gasteiger partial charge < -0.3 is 5.32 Å². The molecule has 1 N–H and O–H groups in total. The van der Waals surface area contributed by atoms with Gasteiger partial charge in [-0.05, 0) is 25.1 Å². The molecule has 1 atom stereocenters. The highest BCUT2D eigenvalue weighted by molar-refractivity contribution is 8.14. The maximum atomic E-state index is 11.7. The van der Waals surface area contributed by atoms with Crippen molar-refractivity contribution in [3.63, 3.8) is 0 Å². The zero-order valence-corrected chi connectivity index (χ0v) is 8.59. The predicted octanol–water partition coefficient (Wildman–Crippen LogP) is 1.32. The molecule has 3 nitrogen and oxygen atoms in total. The Morgan fingerprint density at radius 2 is 2.57 bits per heavy atom. The van der Waals surface area contributed by atoms with Crippen molar-refractivity contribution in [2.75, 3.05) is 13.1 Å². The largest absolute Gasteiger partial charge is 0.316 e. The minimum Gasteiger partial charge on any atom is -0.316 e. The lowest BCUT2D eigenvalue weighted by Crippen LogP contribution is -2.12. The summed E-state index contributed by atoms with van der Waals surface area (Å²) in [5.41, 5.74) is 0.699. The standard InChI is InChI=1S/C10H12N2OS/c13-10(8-2-1-4-11-6-8)14-9-3-5-12-7-9/h1-2,4,6,9,12H,3,5,7H2. The molecule has 4 heteroatoms. The van der Waals surface area contributed by atoms with E-state index in [1.165, 1.54) is 11.8 Å². The summed E-state index contributed by atoms with van der Waals surface area (Å²) >= 11 is 1.42. The van der Waals surface area contributed by atoms with E-state index in [0.717, 1.165) is 19.5 Å². The molecule has 0 radical (unpaired) electrons. The predicted molar refractivity (Wildman–Crippen MR) is 57.4 cm³/mol. The van der Waals surface area contributed by atoms with E-state index in [4.69, 9.17) is 0 Å². The van der Waals surface area contributed by atoms with Gasteiger partial charge in [0.15, 0.2) is 0 Å².